The lowest BCUT2D eigenvalue weighted by atomic mass is 9.96. The van der Waals surface area contributed by atoms with Gasteiger partial charge in [-0.2, -0.15) is 4.98 Å². The van der Waals surface area contributed by atoms with Crippen LogP contribution in [-0.4, -0.2) is 74.9 Å². The van der Waals surface area contributed by atoms with E-state index in [1.54, 1.807) is 12.5 Å². The molecule has 114 valence electrons. The molecule has 1 aliphatic rings. The van der Waals surface area contributed by atoms with E-state index < -0.39 is 5.54 Å². The van der Waals surface area contributed by atoms with E-state index in [1.807, 2.05) is 7.05 Å². The molecular weight excluding hydrogens is 272 g/mol. The van der Waals surface area contributed by atoms with Gasteiger partial charge in [0, 0.05) is 12.6 Å². The third-order valence-electron chi connectivity index (χ3n) is 4.18. The second-order valence-electron chi connectivity index (χ2n) is 5.54. The van der Waals surface area contributed by atoms with Crippen molar-refractivity contribution in [2.75, 3.05) is 38.7 Å². The van der Waals surface area contributed by atoms with Gasteiger partial charge in [-0.3, -0.25) is 4.90 Å². The number of ether oxygens (including phenoxy) is 1. The molecular formula is C13H20N6O2. The van der Waals surface area contributed by atoms with Crippen molar-refractivity contribution in [2.45, 2.75) is 18.5 Å². The molecule has 3 rings (SSSR count). The maximum absolute atomic E-state index is 9.83. The fourth-order valence-corrected chi connectivity index (χ4v) is 2.55. The zero-order chi connectivity index (χ0) is 14.9. The Morgan fingerprint density at radius 3 is 3.24 bits per heavy atom. The SMILES string of the molecule is C[C@@H]1COC[C@@](CO)(CNc2ncc3[nH]cnc3n2)N1C. The smallest absolute Gasteiger partial charge is 0.224 e. The zero-order valence-electron chi connectivity index (χ0n) is 12.2. The van der Waals surface area contributed by atoms with E-state index in [-0.39, 0.29) is 12.6 Å². The Hall–Kier alpha value is -1.77. The summed E-state index contributed by atoms with van der Waals surface area (Å²) in [7, 11) is 2.00. The predicted molar refractivity (Wildman–Crippen MR) is 78.0 cm³/mol. The lowest BCUT2D eigenvalue weighted by Gasteiger charge is -2.47. The summed E-state index contributed by atoms with van der Waals surface area (Å²) in [5.41, 5.74) is 0.943. The van der Waals surface area contributed by atoms with Crippen LogP contribution in [0.2, 0.25) is 0 Å². The van der Waals surface area contributed by atoms with Crippen molar-refractivity contribution >= 4 is 17.1 Å². The van der Waals surface area contributed by atoms with Gasteiger partial charge in [0.1, 0.15) is 5.52 Å². The highest BCUT2D eigenvalue weighted by Crippen LogP contribution is 2.22. The maximum Gasteiger partial charge on any atom is 0.224 e. The van der Waals surface area contributed by atoms with Crippen LogP contribution in [0.1, 0.15) is 6.92 Å². The first kappa shape index (κ1) is 14.2. The summed E-state index contributed by atoms with van der Waals surface area (Å²) < 4.78 is 5.61. The van der Waals surface area contributed by atoms with Gasteiger partial charge in [-0.1, -0.05) is 0 Å². The molecule has 1 fully saturated rings. The summed E-state index contributed by atoms with van der Waals surface area (Å²) in [6.45, 7) is 3.73. The minimum Gasteiger partial charge on any atom is -0.394 e. The number of likely N-dealkylation sites (N-methyl/N-ethyl adjacent to an activating group) is 1. The minimum absolute atomic E-state index is 0.00545. The Morgan fingerprint density at radius 1 is 1.57 bits per heavy atom. The van der Waals surface area contributed by atoms with Crippen molar-refractivity contribution in [3.05, 3.63) is 12.5 Å². The van der Waals surface area contributed by atoms with Gasteiger partial charge in [0.2, 0.25) is 5.95 Å². The summed E-state index contributed by atoms with van der Waals surface area (Å²) >= 11 is 0. The summed E-state index contributed by atoms with van der Waals surface area (Å²) in [5.74, 6) is 0.494. The molecule has 0 unspecified atom stereocenters. The Bertz CT molecular complexity index is 617. The van der Waals surface area contributed by atoms with Crippen LogP contribution in [0.15, 0.2) is 12.5 Å². The monoisotopic (exact) mass is 292 g/mol. The Morgan fingerprint density at radius 2 is 2.43 bits per heavy atom. The zero-order valence-corrected chi connectivity index (χ0v) is 12.2. The molecule has 3 N–H and O–H groups in total. The maximum atomic E-state index is 9.83. The number of H-pyrrole nitrogens is 1. The van der Waals surface area contributed by atoms with Gasteiger partial charge in [-0.05, 0) is 14.0 Å². The number of aliphatic hydroxyl groups excluding tert-OH is 1. The Labute approximate surface area is 122 Å². The number of aromatic nitrogens is 4. The number of nitrogens with zero attached hydrogens (tertiary/aromatic N) is 4. The first-order chi connectivity index (χ1) is 10.1. The first-order valence-electron chi connectivity index (χ1n) is 6.96. The van der Waals surface area contributed by atoms with Gasteiger partial charge in [0.25, 0.3) is 0 Å². The largest absolute Gasteiger partial charge is 0.394 e. The van der Waals surface area contributed by atoms with Crippen LogP contribution in [0.5, 0.6) is 0 Å². The lowest BCUT2D eigenvalue weighted by Crippen LogP contribution is -2.64. The molecule has 0 saturated carbocycles. The number of morpholine rings is 1. The van der Waals surface area contributed by atoms with Gasteiger partial charge < -0.3 is 20.1 Å². The van der Waals surface area contributed by atoms with Crippen LogP contribution < -0.4 is 5.32 Å². The lowest BCUT2D eigenvalue weighted by molar-refractivity contribution is -0.101. The molecule has 0 radical (unpaired) electrons. The summed E-state index contributed by atoms with van der Waals surface area (Å²) in [5, 5.41) is 13.0. The molecule has 8 heteroatoms. The average Bonchev–Trinajstić information content (AvgIpc) is 2.97. The molecule has 0 amide bonds. The number of hydrogen-bond acceptors (Lipinski definition) is 7. The number of rotatable bonds is 4. The molecule has 0 aromatic carbocycles. The van der Waals surface area contributed by atoms with Crippen molar-refractivity contribution in [1.29, 1.82) is 0 Å². The van der Waals surface area contributed by atoms with Gasteiger partial charge in [0.15, 0.2) is 5.65 Å². The van der Waals surface area contributed by atoms with Crippen LogP contribution in [0.25, 0.3) is 11.2 Å². The highest BCUT2D eigenvalue weighted by atomic mass is 16.5. The summed E-state index contributed by atoms with van der Waals surface area (Å²) in [6.07, 6.45) is 3.27. The van der Waals surface area contributed by atoms with Gasteiger partial charge >= 0.3 is 0 Å². The van der Waals surface area contributed by atoms with E-state index in [0.29, 0.717) is 31.4 Å². The minimum atomic E-state index is -0.471. The van der Waals surface area contributed by atoms with Crippen LogP contribution in [0.3, 0.4) is 0 Å². The van der Waals surface area contributed by atoms with E-state index >= 15 is 0 Å². The van der Waals surface area contributed by atoms with Crippen molar-refractivity contribution in [3.63, 3.8) is 0 Å². The van der Waals surface area contributed by atoms with Gasteiger partial charge in [0.05, 0.1) is 37.9 Å². The van der Waals surface area contributed by atoms with Crippen LogP contribution in [-0.2, 0) is 4.74 Å². The van der Waals surface area contributed by atoms with Crippen molar-refractivity contribution in [1.82, 2.24) is 24.8 Å². The number of hydrogen-bond donors (Lipinski definition) is 3. The van der Waals surface area contributed by atoms with E-state index in [4.69, 9.17) is 4.74 Å². The van der Waals surface area contributed by atoms with E-state index in [0.717, 1.165) is 5.52 Å². The number of aliphatic hydroxyl groups is 1. The van der Waals surface area contributed by atoms with Crippen LogP contribution in [0.4, 0.5) is 5.95 Å². The third kappa shape index (κ3) is 2.57. The second kappa shape index (κ2) is 5.55. The Kier molecular flexibility index (Phi) is 3.75. The summed E-state index contributed by atoms with van der Waals surface area (Å²) in [4.78, 5) is 17.8. The molecule has 1 saturated heterocycles. The van der Waals surface area contributed by atoms with E-state index in [9.17, 15) is 5.11 Å². The second-order valence-corrected chi connectivity index (χ2v) is 5.54. The molecule has 2 aromatic heterocycles. The van der Waals surface area contributed by atoms with Crippen LogP contribution in [0, 0.1) is 0 Å². The van der Waals surface area contributed by atoms with Crippen LogP contribution >= 0.6 is 0 Å². The van der Waals surface area contributed by atoms with Crippen molar-refractivity contribution in [2.24, 2.45) is 0 Å². The molecule has 8 nitrogen and oxygen atoms in total. The molecule has 3 heterocycles. The van der Waals surface area contributed by atoms with E-state index in [1.165, 1.54) is 0 Å². The number of nitrogens with one attached hydrogen (secondary N) is 2. The predicted octanol–water partition coefficient (Wildman–Crippen LogP) is -0.154. The number of anilines is 1. The van der Waals surface area contributed by atoms with E-state index in [2.05, 4.69) is 37.1 Å². The molecule has 2 aromatic rings. The molecule has 21 heavy (non-hydrogen) atoms. The average molecular weight is 292 g/mol. The third-order valence-corrected chi connectivity index (χ3v) is 4.18. The topological polar surface area (TPSA) is 99.2 Å². The van der Waals surface area contributed by atoms with Crippen molar-refractivity contribution < 1.29 is 9.84 Å². The molecule has 0 bridgehead atoms. The molecule has 0 spiro atoms. The quantitative estimate of drug-likeness (QED) is 0.720. The number of imidazole rings is 1. The number of fused-ring (bicyclic) bond motifs is 1. The summed E-state index contributed by atoms with van der Waals surface area (Å²) in [6, 6.07) is 0.252. The highest BCUT2D eigenvalue weighted by molar-refractivity contribution is 5.69. The fraction of sp³-hybridized carbons (Fsp3) is 0.615. The normalized spacial score (nSPS) is 27.1. The molecule has 2 atom stereocenters. The van der Waals surface area contributed by atoms with Gasteiger partial charge in [-0.15, -0.1) is 0 Å². The first-order valence-corrected chi connectivity index (χ1v) is 6.96. The van der Waals surface area contributed by atoms with Gasteiger partial charge in [-0.25, -0.2) is 9.97 Å². The standard InChI is InChI=1S/C13H20N6O2/c1-9-4-21-7-13(6-20,19(9)2)5-15-12-14-3-10-11(18-12)17-8-16-10/h3,8-9,20H,4-7H2,1-2H3,(H2,14,15,16,17,18)/t9-,13+/m1/s1. The fourth-order valence-electron chi connectivity index (χ4n) is 2.55. The highest BCUT2D eigenvalue weighted by Gasteiger charge is 2.40. The van der Waals surface area contributed by atoms with Crippen molar-refractivity contribution in [3.8, 4) is 0 Å². The number of aromatic amines is 1. The Balaban J connectivity index is 1.75. The molecule has 1 aliphatic heterocycles. The molecule has 0 aliphatic carbocycles.